The van der Waals surface area contributed by atoms with E-state index in [0.717, 1.165) is 43.1 Å². The zero-order chi connectivity index (χ0) is 24.9. The monoisotopic (exact) mass is 475 g/mol. The Labute approximate surface area is 206 Å². The van der Waals surface area contributed by atoms with Gasteiger partial charge < -0.3 is 9.47 Å². The Morgan fingerprint density at radius 3 is 2.49 bits per heavy atom. The van der Waals surface area contributed by atoms with E-state index >= 15 is 0 Å². The van der Waals surface area contributed by atoms with Gasteiger partial charge in [-0.2, -0.15) is 0 Å². The lowest BCUT2D eigenvalue weighted by Gasteiger charge is -2.11. The van der Waals surface area contributed by atoms with E-state index in [1.165, 1.54) is 11.1 Å². The maximum absolute atomic E-state index is 5.39. The molecule has 0 amide bonds. The van der Waals surface area contributed by atoms with Gasteiger partial charge in [0, 0.05) is 19.2 Å². The molecule has 0 fully saturated rings. The van der Waals surface area contributed by atoms with E-state index in [1.807, 2.05) is 17.8 Å². The van der Waals surface area contributed by atoms with Gasteiger partial charge in [0.25, 0.3) is 5.88 Å². The predicted molar refractivity (Wildman–Crippen MR) is 134 cm³/mol. The number of aromatic nitrogens is 7. The second-order valence-corrected chi connectivity index (χ2v) is 8.94. The minimum Gasteiger partial charge on any atom is -0.496 e. The molecule has 1 aliphatic rings. The van der Waals surface area contributed by atoms with Crippen LogP contribution in [-0.2, 0) is 13.0 Å². The zero-order valence-corrected chi connectivity index (χ0v) is 21.3. The summed E-state index contributed by atoms with van der Waals surface area (Å²) in [5.74, 6) is 4.17. The first kappa shape index (κ1) is 24.4. The van der Waals surface area contributed by atoms with Gasteiger partial charge in [-0.3, -0.25) is 4.57 Å². The summed E-state index contributed by atoms with van der Waals surface area (Å²) in [7, 11) is 3.30. The fraction of sp³-hybridized carbons (Fsp3) is 0.423. The lowest BCUT2D eigenvalue weighted by molar-refractivity contribution is 0.394. The van der Waals surface area contributed by atoms with E-state index in [2.05, 4.69) is 64.0 Å². The summed E-state index contributed by atoms with van der Waals surface area (Å²) in [6.07, 6.45) is 8.50. The third-order valence-corrected chi connectivity index (χ3v) is 5.88. The first-order valence-electron chi connectivity index (χ1n) is 11.9. The zero-order valence-electron chi connectivity index (χ0n) is 21.3. The number of hydrogen-bond acceptors (Lipinski definition) is 7. The van der Waals surface area contributed by atoms with E-state index < -0.39 is 0 Å². The minimum atomic E-state index is 0.424. The summed E-state index contributed by atoms with van der Waals surface area (Å²) in [5, 5.41) is 4.53. The molecule has 0 saturated heterocycles. The SMILES string of the molecule is COc1cc(C)ccc1C(C)C.COc1nc(-c2nc3n(n2)CCCC3)cnc1-n1cnc(C)c1. The number of hydrogen-bond donors (Lipinski definition) is 0. The number of aryl methyl sites for hydroxylation is 4. The summed E-state index contributed by atoms with van der Waals surface area (Å²) in [6.45, 7) is 9.26. The van der Waals surface area contributed by atoms with Gasteiger partial charge in [0.1, 0.15) is 23.6 Å². The average Bonchev–Trinajstić information content (AvgIpc) is 3.50. The van der Waals surface area contributed by atoms with E-state index in [4.69, 9.17) is 9.47 Å². The summed E-state index contributed by atoms with van der Waals surface area (Å²) in [4.78, 5) is 17.8. The van der Waals surface area contributed by atoms with Gasteiger partial charge in [-0.25, -0.2) is 24.6 Å². The molecule has 0 bridgehead atoms. The largest absolute Gasteiger partial charge is 0.496 e. The van der Waals surface area contributed by atoms with Crippen LogP contribution in [0.4, 0.5) is 0 Å². The van der Waals surface area contributed by atoms with Gasteiger partial charge in [0.2, 0.25) is 11.6 Å². The molecule has 4 aromatic rings. The van der Waals surface area contributed by atoms with Crippen molar-refractivity contribution >= 4 is 0 Å². The molecule has 35 heavy (non-hydrogen) atoms. The third kappa shape index (κ3) is 5.50. The van der Waals surface area contributed by atoms with E-state index in [-0.39, 0.29) is 0 Å². The van der Waals surface area contributed by atoms with Crippen molar-refractivity contribution < 1.29 is 9.47 Å². The first-order valence-corrected chi connectivity index (χ1v) is 11.9. The van der Waals surface area contributed by atoms with Crippen LogP contribution < -0.4 is 9.47 Å². The molecule has 0 N–H and O–H groups in total. The van der Waals surface area contributed by atoms with Gasteiger partial charge in [0.15, 0.2) is 0 Å². The van der Waals surface area contributed by atoms with Crippen LogP contribution in [0.1, 0.15) is 55.3 Å². The number of rotatable bonds is 5. The molecule has 5 rings (SSSR count). The van der Waals surface area contributed by atoms with Gasteiger partial charge in [-0.1, -0.05) is 26.0 Å². The maximum Gasteiger partial charge on any atom is 0.258 e. The van der Waals surface area contributed by atoms with Crippen molar-refractivity contribution in [2.75, 3.05) is 14.2 Å². The fourth-order valence-corrected chi connectivity index (χ4v) is 4.01. The molecule has 9 heteroatoms. The van der Waals surface area contributed by atoms with Crippen LogP contribution in [0.3, 0.4) is 0 Å². The highest BCUT2D eigenvalue weighted by molar-refractivity contribution is 5.51. The summed E-state index contributed by atoms with van der Waals surface area (Å²) in [5.41, 5.74) is 4.05. The van der Waals surface area contributed by atoms with Gasteiger partial charge >= 0.3 is 0 Å². The second kappa shape index (κ2) is 10.7. The van der Waals surface area contributed by atoms with Gasteiger partial charge in [-0.05, 0) is 49.8 Å². The summed E-state index contributed by atoms with van der Waals surface area (Å²) >= 11 is 0. The fourth-order valence-electron chi connectivity index (χ4n) is 4.01. The number of nitrogens with zero attached hydrogens (tertiary/aromatic N) is 7. The summed E-state index contributed by atoms with van der Waals surface area (Å²) < 4.78 is 14.4. The lowest BCUT2D eigenvalue weighted by atomic mass is 10.0. The van der Waals surface area contributed by atoms with Crippen molar-refractivity contribution in [1.29, 1.82) is 0 Å². The number of methoxy groups -OCH3 is 2. The number of fused-ring (bicyclic) bond motifs is 1. The van der Waals surface area contributed by atoms with Gasteiger partial charge in [-0.15, -0.1) is 5.10 Å². The van der Waals surface area contributed by atoms with Crippen LogP contribution in [0.15, 0.2) is 36.9 Å². The Morgan fingerprint density at radius 1 is 1.00 bits per heavy atom. The van der Waals surface area contributed by atoms with E-state index in [0.29, 0.717) is 29.1 Å². The Balaban J connectivity index is 0.000000204. The van der Waals surface area contributed by atoms with Crippen LogP contribution in [0, 0.1) is 13.8 Å². The predicted octanol–water partition coefficient (Wildman–Crippen LogP) is 4.70. The van der Waals surface area contributed by atoms with E-state index in [9.17, 15) is 0 Å². The highest BCUT2D eigenvalue weighted by Gasteiger charge is 2.18. The molecule has 1 aliphatic heterocycles. The molecule has 0 unspecified atom stereocenters. The molecular weight excluding hydrogens is 442 g/mol. The Morgan fingerprint density at radius 2 is 1.83 bits per heavy atom. The van der Waals surface area contributed by atoms with Crippen molar-refractivity contribution in [1.82, 2.24) is 34.3 Å². The van der Waals surface area contributed by atoms with Crippen molar-refractivity contribution in [3.05, 3.63) is 59.6 Å². The normalized spacial score (nSPS) is 12.7. The average molecular weight is 476 g/mol. The van der Waals surface area contributed by atoms with Crippen LogP contribution in [0.25, 0.3) is 17.3 Å². The molecule has 184 valence electrons. The van der Waals surface area contributed by atoms with E-state index in [1.54, 1.807) is 31.3 Å². The van der Waals surface area contributed by atoms with Gasteiger partial charge in [0.05, 0.1) is 26.1 Å². The smallest absolute Gasteiger partial charge is 0.258 e. The molecule has 0 aliphatic carbocycles. The number of ether oxygens (including phenoxy) is 2. The lowest BCUT2D eigenvalue weighted by Crippen LogP contribution is -2.11. The molecule has 1 aromatic carbocycles. The molecule has 3 aromatic heterocycles. The summed E-state index contributed by atoms with van der Waals surface area (Å²) in [6, 6.07) is 6.34. The van der Waals surface area contributed by atoms with Crippen LogP contribution >= 0.6 is 0 Å². The van der Waals surface area contributed by atoms with Crippen molar-refractivity contribution in [2.24, 2.45) is 0 Å². The van der Waals surface area contributed by atoms with Crippen molar-refractivity contribution in [3.8, 4) is 29.0 Å². The molecule has 0 atom stereocenters. The molecule has 0 saturated carbocycles. The highest BCUT2D eigenvalue weighted by atomic mass is 16.5. The minimum absolute atomic E-state index is 0.424. The molecule has 0 radical (unpaired) electrons. The third-order valence-electron chi connectivity index (χ3n) is 5.88. The quantitative estimate of drug-likeness (QED) is 0.413. The Hall–Kier alpha value is -3.75. The van der Waals surface area contributed by atoms with Crippen LogP contribution in [0.5, 0.6) is 11.6 Å². The second-order valence-electron chi connectivity index (χ2n) is 8.94. The molecule has 0 spiro atoms. The maximum atomic E-state index is 5.39. The first-order chi connectivity index (χ1) is 16.9. The topological polar surface area (TPSA) is 92.8 Å². The Bertz CT molecular complexity index is 1270. The molecular formula is C26H33N7O2. The molecule has 9 nitrogen and oxygen atoms in total. The number of imidazole rings is 1. The Kier molecular flexibility index (Phi) is 7.43. The van der Waals surface area contributed by atoms with Crippen LogP contribution in [-0.4, -0.2) is 48.5 Å². The number of benzene rings is 1. The van der Waals surface area contributed by atoms with Crippen LogP contribution in [0.2, 0.25) is 0 Å². The standard InChI is InChI=1S/C15H17N7O.C11H16O/c1-10-8-21(9-17-10)14-15(23-2)18-11(7-16-14)13-19-12-5-3-4-6-22(12)20-13;1-8(2)10-6-5-9(3)7-11(10)12-4/h7-9H,3-6H2,1-2H3;5-8H,1-4H3. The van der Waals surface area contributed by atoms with Crippen molar-refractivity contribution in [2.45, 2.75) is 59.4 Å². The molecule has 4 heterocycles. The highest BCUT2D eigenvalue weighted by Crippen LogP contribution is 2.27. The van der Waals surface area contributed by atoms with Crippen molar-refractivity contribution in [3.63, 3.8) is 0 Å².